The Kier molecular flexibility index (Phi) is 3.99. The summed E-state index contributed by atoms with van der Waals surface area (Å²) < 4.78 is 17.2. The van der Waals surface area contributed by atoms with E-state index in [0.29, 0.717) is 41.7 Å². The molecule has 0 spiro atoms. The number of ether oxygens (including phenoxy) is 3. The monoisotopic (exact) mass is 339 g/mol. The first-order valence-electron chi connectivity index (χ1n) is 8.64. The molecule has 0 saturated heterocycles. The first-order chi connectivity index (χ1) is 12.1. The Hall–Kier alpha value is -2.69. The average Bonchev–Trinajstić information content (AvgIpc) is 2.78. The normalized spacial score (nSPS) is 21.0. The zero-order valence-corrected chi connectivity index (χ0v) is 14.4. The Morgan fingerprint density at radius 1 is 1.08 bits per heavy atom. The fraction of sp³-hybridized carbons (Fsp3) is 0.350. The van der Waals surface area contributed by atoms with Gasteiger partial charge in [-0.1, -0.05) is 19.1 Å². The summed E-state index contributed by atoms with van der Waals surface area (Å²) in [7, 11) is 0. The van der Waals surface area contributed by atoms with E-state index in [-0.39, 0.29) is 17.9 Å². The number of amides is 1. The van der Waals surface area contributed by atoms with Crippen LogP contribution in [0.2, 0.25) is 0 Å². The van der Waals surface area contributed by atoms with Gasteiger partial charge in [0.1, 0.15) is 11.9 Å². The Bertz CT molecular complexity index is 817. The van der Waals surface area contributed by atoms with Gasteiger partial charge in [0.2, 0.25) is 0 Å². The number of anilines is 1. The number of hydrogen-bond donors (Lipinski definition) is 1. The molecule has 0 unspecified atom stereocenters. The minimum atomic E-state index is -0.187. The molecule has 5 nitrogen and oxygen atoms in total. The molecular formula is C20H21NO4. The molecule has 130 valence electrons. The highest BCUT2D eigenvalue weighted by Gasteiger charge is 2.31. The van der Waals surface area contributed by atoms with Crippen LogP contribution in [0, 0.1) is 0 Å². The highest BCUT2D eigenvalue weighted by molar-refractivity contribution is 6.06. The zero-order chi connectivity index (χ0) is 17.4. The summed E-state index contributed by atoms with van der Waals surface area (Å²) in [6, 6.07) is 11.2. The fourth-order valence-electron chi connectivity index (χ4n) is 3.20. The molecule has 0 fully saturated rings. The number of hydrogen-bond acceptors (Lipinski definition) is 4. The Morgan fingerprint density at radius 3 is 2.72 bits per heavy atom. The van der Waals surface area contributed by atoms with Crippen LogP contribution in [0.1, 0.15) is 42.1 Å². The second kappa shape index (κ2) is 6.31. The van der Waals surface area contributed by atoms with Crippen molar-refractivity contribution in [1.29, 1.82) is 0 Å². The molecule has 1 amide bonds. The number of fused-ring (bicyclic) bond motifs is 2. The summed E-state index contributed by atoms with van der Waals surface area (Å²) in [5.41, 5.74) is 2.31. The lowest BCUT2D eigenvalue weighted by Gasteiger charge is -2.12. The molecule has 2 aliphatic heterocycles. The van der Waals surface area contributed by atoms with Gasteiger partial charge in [0.15, 0.2) is 11.5 Å². The fourth-order valence-corrected chi connectivity index (χ4v) is 3.20. The molecule has 1 N–H and O–H groups in total. The van der Waals surface area contributed by atoms with E-state index in [9.17, 15) is 4.79 Å². The molecule has 0 aromatic heterocycles. The summed E-state index contributed by atoms with van der Waals surface area (Å²) in [5, 5.41) is 2.93. The van der Waals surface area contributed by atoms with Crippen molar-refractivity contribution in [3.8, 4) is 17.2 Å². The van der Waals surface area contributed by atoms with Gasteiger partial charge in [-0.2, -0.15) is 0 Å². The standard InChI is InChI=1S/C20H21NO4/c1-12-13(2)25-19-15(12)5-3-6-16(19)20(22)21-14-7-8-17-18(11-14)24-10-4-9-23-17/h3,5-8,11-13H,4,9-10H2,1-2H3,(H,21,22)/t12-,13-/m1/s1. The molecule has 0 aliphatic carbocycles. The van der Waals surface area contributed by atoms with E-state index in [1.807, 2.05) is 31.2 Å². The molecule has 25 heavy (non-hydrogen) atoms. The van der Waals surface area contributed by atoms with E-state index >= 15 is 0 Å². The van der Waals surface area contributed by atoms with Gasteiger partial charge in [-0.15, -0.1) is 0 Å². The van der Waals surface area contributed by atoms with Crippen molar-refractivity contribution in [2.45, 2.75) is 32.3 Å². The molecule has 2 heterocycles. The highest BCUT2D eigenvalue weighted by atomic mass is 16.5. The van der Waals surface area contributed by atoms with Crippen LogP contribution in [0.4, 0.5) is 5.69 Å². The van der Waals surface area contributed by atoms with Crippen LogP contribution in [0.25, 0.3) is 0 Å². The Morgan fingerprint density at radius 2 is 1.88 bits per heavy atom. The molecule has 2 atom stereocenters. The van der Waals surface area contributed by atoms with Crippen LogP contribution in [-0.2, 0) is 0 Å². The topological polar surface area (TPSA) is 56.8 Å². The predicted octanol–water partition coefficient (Wildman–Crippen LogP) is 3.98. The van der Waals surface area contributed by atoms with Gasteiger partial charge in [0, 0.05) is 29.7 Å². The van der Waals surface area contributed by atoms with Crippen molar-refractivity contribution >= 4 is 11.6 Å². The van der Waals surface area contributed by atoms with E-state index < -0.39 is 0 Å². The largest absolute Gasteiger partial charge is 0.490 e. The molecule has 0 bridgehead atoms. The van der Waals surface area contributed by atoms with Crippen molar-refractivity contribution in [3.05, 3.63) is 47.5 Å². The maximum atomic E-state index is 12.8. The lowest BCUT2D eigenvalue weighted by molar-refractivity contribution is 0.102. The number of rotatable bonds is 2. The van der Waals surface area contributed by atoms with E-state index in [0.717, 1.165) is 12.0 Å². The molecule has 2 aliphatic rings. The Balaban J connectivity index is 1.59. The van der Waals surface area contributed by atoms with Crippen LogP contribution in [0.5, 0.6) is 17.2 Å². The summed E-state index contributed by atoms with van der Waals surface area (Å²) in [6.45, 7) is 5.39. The second-order valence-electron chi connectivity index (χ2n) is 6.50. The third-order valence-electron chi connectivity index (χ3n) is 4.79. The summed E-state index contributed by atoms with van der Waals surface area (Å²) in [4.78, 5) is 12.8. The van der Waals surface area contributed by atoms with Crippen molar-refractivity contribution in [2.75, 3.05) is 18.5 Å². The third-order valence-corrected chi connectivity index (χ3v) is 4.79. The molecule has 2 aromatic carbocycles. The number of para-hydroxylation sites is 1. The van der Waals surface area contributed by atoms with Crippen LogP contribution >= 0.6 is 0 Å². The first kappa shape index (κ1) is 15.8. The van der Waals surface area contributed by atoms with E-state index in [4.69, 9.17) is 14.2 Å². The van der Waals surface area contributed by atoms with E-state index in [1.54, 1.807) is 12.1 Å². The van der Waals surface area contributed by atoms with Gasteiger partial charge in [-0.05, 0) is 25.1 Å². The SMILES string of the molecule is C[C@H]1Oc2c(C(=O)Nc3ccc4c(c3)OCCCO4)cccc2[C@@H]1C. The molecule has 4 rings (SSSR count). The van der Waals surface area contributed by atoms with Crippen molar-refractivity contribution < 1.29 is 19.0 Å². The number of benzene rings is 2. The highest BCUT2D eigenvalue weighted by Crippen LogP contribution is 2.40. The maximum Gasteiger partial charge on any atom is 0.259 e. The third kappa shape index (κ3) is 2.90. The smallest absolute Gasteiger partial charge is 0.259 e. The second-order valence-corrected chi connectivity index (χ2v) is 6.50. The summed E-state index contributed by atoms with van der Waals surface area (Å²) in [5.74, 6) is 2.15. The van der Waals surface area contributed by atoms with Crippen LogP contribution in [0.15, 0.2) is 36.4 Å². The number of carbonyl (C=O) groups is 1. The first-order valence-corrected chi connectivity index (χ1v) is 8.64. The minimum Gasteiger partial charge on any atom is -0.490 e. The van der Waals surface area contributed by atoms with E-state index in [1.165, 1.54) is 0 Å². The van der Waals surface area contributed by atoms with Crippen molar-refractivity contribution in [1.82, 2.24) is 0 Å². The number of carbonyl (C=O) groups excluding carboxylic acids is 1. The summed E-state index contributed by atoms with van der Waals surface area (Å²) >= 11 is 0. The summed E-state index contributed by atoms with van der Waals surface area (Å²) in [6.07, 6.45) is 0.919. The minimum absolute atomic E-state index is 0.0713. The van der Waals surface area contributed by atoms with Gasteiger partial charge in [-0.25, -0.2) is 0 Å². The lowest BCUT2D eigenvalue weighted by Crippen LogP contribution is -2.14. The quantitative estimate of drug-likeness (QED) is 0.899. The molecule has 2 aromatic rings. The van der Waals surface area contributed by atoms with Crippen LogP contribution in [-0.4, -0.2) is 25.2 Å². The van der Waals surface area contributed by atoms with Crippen molar-refractivity contribution in [3.63, 3.8) is 0 Å². The average molecular weight is 339 g/mol. The lowest BCUT2D eigenvalue weighted by atomic mass is 9.97. The van der Waals surface area contributed by atoms with Gasteiger partial charge >= 0.3 is 0 Å². The maximum absolute atomic E-state index is 12.8. The van der Waals surface area contributed by atoms with Gasteiger partial charge < -0.3 is 19.5 Å². The van der Waals surface area contributed by atoms with Crippen LogP contribution in [0.3, 0.4) is 0 Å². The Labute approximate surface area is 146 Å². The molecular weight excluding hydrogens is 318 g/mol. The van der Waals surface area contributed by atoms with Crippen molar-refractivity contribution in [2.24, 2.45) is 0 Å². The van der Waals surface area contributed by atoms with Gasteiger partial charge in [0.25, 0.3) is 5.91 Å². The van der Waals surface area contributed by atoms with E-state index in [2.05, 4.69) is 12.2 Å². The van der Waals surface area contributed by atoms with Crippen LogP contribution < -0.4 is 19.5 Å². The molecule has 0 radical (unpaired) electrons. The molecule has 5 heteroatoms. The zero-order valence-electron chi connectivity index (χ0n) is 14.4. The number of nitrogens with one attached hydrogen (secondary N) is 1. The van der Waals surface area contributed by atoms with Gasteiger partial charge in [0.05, 0.1) is 18.8 Å². The predicted molar refractivity (Wildman–Crippen MR) is 94.9 cm³/mol. The van der Waals surface area contributed by atoms with Gasteiger partial charge in [-0.3, -0.25) is 4.79 Å². The molecule has 0 saturated carbocycles.